The van der Waals surface area contributed by atoms with Gasteiger partial charge in [0.05, 0.1) is 23.0 Å². The van der Waals surface area contributed by atoms with E-state index in [1.54, 1.807) is 11.0 Å². The van der Waals surface area contributed by atoms with Gasteiger partial charge in [0.25, 0.3) is 5.91 Å². The number of likely N-dealkylation sites (tertiary alicyclic amines) is 1. The van der Waals surface area contributed by atoms with E-state index in [-0.39, 0.29) is 23.8 Å². The Morgan fingerprint density at radius 3 is 2.74 bits per heavy atom. The van der Waals surface area contributed by atoms with Crippen LogP contribution in [0.4, 0.5) is 0 Å². The van der Waals surface area contributed by atoms with Crippen molar-refractivity contribution in [3.05, 3.63) is 53.2 Å². The van der Waals surface area contributed by atoms with Crippen LogP contribution in [-0.2, 0) is 4.79 Å². The highest BCUT2D eigenvalue weighted by Crippen LogP contribution is 2.30. The fourth-order valence-corrected chi connectivity index (χ4v) is 3.77. The van der Waals surface area contributed by atoms with Crippen molar-refractivity contribution in [3.63, 3.8) is 0 Å². The van der Waals surface area contributed by atoms with Crippen molar-refractivity contribution in [1.82, 2.24) is 20.2 Å². The van der Waals surface area contributed by atoms with Gasteiger partial charge in [0.1, 0.15) is 17.3 Å². The van der Waals surface area contributed by atoms with E-state index in [1.807, 2.05) is 38.1 Å². The molecule has 1 aliphatic heterocycles. The molecule has 7 heteroatoms. The van der Waals surface area contributed by atoms with Gasteiger partial charge in [-0.2, -0.15) is 0 Å². The zero-order valence-corrected chi connectivity index (χ0v) is 15.6. The molecule has 3 heterocycles. The second kappa shape index (κ2) is 6.57. The van der Waals surface area contributed by atoms with Crippen LogP contribution in [0.5, 0.6) is 0 Å². The molecule has 1 aliphatic rings. The number of carbonyl (C=O) groups excluding carboxylic acids is 2. The maximum Gasteiger partial charge on any atom is 0.254 e. The standard InChI is InChI=1S/C20H22N4O3/c1-11-4-7-19(27-11)15-9-24(10-18(15)23-13(3)25)20(26)14-5-6-16-17(8-14)22-12(2)21-16/h4-8,15,18H,9-10H2,1-3H3,(H,21,22)(H,23,25)/t15-,18-/m1/s1. The SMILES string of the molecule is CC(=O)N[C@@H]1CN(C(=O)c2ccc3nc(C)[nH]c3c2)C[C@H]1c1ccc(C)o1. The van der Waals surface area contributed by atoms with Crippen LogP contribution >= 0.6 is 0 Å². The molecule has 0 radical (unpaired) electrons. The number of carbonyl (C=O) groups is 2. The third-order valence-electron chi connectivity index (χ3n) is 4.97. The lowest BCUT2D eigenvalue weighted by Crippen LogP contribution is -2.39. The second-order valence-corrected chi connectivity index (χ2v) is 7.13. The highest BCUT2D eigenvalue weighted by Gasteiger charge is 2.38. The molecule has 2 N–H and O–H groups in total. The number of hydrogen-bond donors (Lipinski definition) is 2. The first-order valence-electron chi connectivity index (χ1n) is 9.00. The van der Waals surface area contributed by atoms with Crippen molar-refractivity contribution in [1.29, 1.82) is 0 Å². The summed E-state index contributed by atoms with van der Waals surface area (Å²) in [6.07, 6.45) is 0. The van der Waals surface area contributed by atoms with E-state index in [0.29, 0.717) is 18.7 Å². The van der Waals surface area contributed by atoms with Gasteiger partial charge < -0.3 is 19.6 Å². The van der Waals surface area contributed by atoms with Crippen LogP contribution in [0.3, 0.4) is 0 Å². The van der Waals surface area contributed by atoms with Crippen LogP contribution in [-0.4, -0.2) is 45.8 Å². The number of fused-ring (bicyclic) bond motifs is 1. The minimum atomic E-state index is -0.171. The van der Waals surface area contributed by atoms with Crippen LogP contribution in [0.15, 0.2) is 34.7 Å². The summed E-state index contributed by atoms with van der Waals surface area (Å²) in [5, 5.41) is 2.96. The summed E-state index contributed by atoms with van der Waals surface area (Å²) in [7, 11) is 0. The molecule has 0 unspecified atom stereocenters. The minimum Gasteiger partial charge on any atom is -0.466 e. The number of nitrogens with one attached hydrogen (secondary N) is 2. The summed E-state index contributed by atoms with van der Waals surface area (Å²) >= 11 is 0. The summed E-state index contributed by atoms with van der Waals surface area (Å²) < 4.78 is 5.77. The van der Waals surface area contributed by atoms with Gasteiger partial charge in [-0.05, 0) is 44.2 Å². The van der Waals surface area contributed by atoms with Crippen molar-refractivity contribution < 1.29 is 14.0 Å². The smallest absolute Gasteiger partial charge is 0.254 e. The number of amides is 2. The Morgan fingerprint density at radius 1 is 1.22 bits per heavy atom. The van der Waals surface area contributed by atoms with Crippen LogP contribution in [0.1, 0.15) is 40.5 Å². The third kappa shape index (κ3) is 3.32. The molecule has 140 valence electrons. The van der Waals surface area contributed by atoms with Crippen LogP contribution in [0.2, 0.25) is 0 Å². The third-order valence-corrected chi connectivity index (χ3v) is 4.97. The Labute approximate surface area is 156 Å². The van der Waals surface area contributed by atoms with Crippen molar-refractivity contribution in [3.8, 4) is 0 Å². The summed E-state index contributed by atoms with van der Waals surface area (Å²) in [6, 6.07) is 9.12. The quantitative estimate of drug-likeness (QED) is 0.745. The molecule has 0 saturated carbocycles. The first kappa shape index (κ1) is 17.3. The van der Waals surface area contributed by atoms with E-state index in [4.69, 9.17) is 4.42 Å². The number of furan rings is 1. The summed E-state index contributed by atoms with van der Waals surface area (Å²) in [5.74, 6) is 2.18. The van der Waals surface area contributed by atoms with Gasteiger partial charge in [-0.1, -0.05) is 0 Å². The van der Waals surface area contributed by atoms with Gasteiger partial charge in [0.2, 0.25) is 5.91 Å². The van der Waals surface area contributed by atoms with Gasteiger partial charge in [0, 0.05) is 25.6 Å². The molecule has 0 aliphatic carbocycles. The summed E-state index contributed by atoms with van der Waals surface area (Å²) in [6.45, 7) is 6.20. The molecule has 27 heavy (non-hydrogen) atoms. The molecule has 7 nitrogen and oxygen atoms in total. The number of hydrogen-bond acceptors (Lipinski definition) is 4. The Balaban J connectivity index is 1.60. The number of aryl methyl sites for hydroxylation is 2. The molecular weight excluding hydrogens is 344 g/mol. The molecule has 1 fully saturated rings. The zero-order chi connectivity index (χ0) is 19.1. The molecule has 2 aromatic heterocycles. The average molecular weight is 366 g/mol. The summed E-state index contributed by atoms with van der Waals surface area (Å²) in [5.41, 5.74) is 2.28. The van der Waals surface area contributed by atoms with Gasteiger partial charge in [-0.3, -0.25) is 9.59 Å². The Kier molecular flexibility index (Phi) is 4.22. The van der Waals surface area contributed by atoms with Gasteiger partial charge in [-0.25, -0.2) is 4.98 Å². The topological polar surface area (TPSA) is 91.2 Å². The maximum absolute atomic E-state index is 13.1. The van der Waals surface area contributed by atoms with Gasteiger partial charge in [0.15, 0.2) is 0 Å². The lowest BCUT2D eigenvalue weighted by molar-refractivity contribution is -0.119. The van der Waals surface area contributed by atoms with Crippen molar-refractivity contribution in [2.75, 3.05) is 13.1 Å². The average Bonchev–Trinajstić information content (AvgIpc) is 3.30. The van der Waals surface area contributed by atoms with E-state index in [9.17, 15) is 9.59 Å². The predicted molar refractivity (Wildman–Crippen MR) is 101 cm³/mol. The molecule has 3 aromatic rings. The molecule has 2 amide bonds. The number of imidazole rings is 1. The largest absolute Gasteiger partial charge is 0.466 e. The normalized spacial score (nSPS) is 19.6. The molecule has 2 atom stereocenters. The van der Waals surface area contributed by atoms with Crippen molar-refractivity contribution in [2.24, 2.45) is 0 Å². The van der Waals surface area contributed by atoms with Crippen LogP contribution in [0, 0.1) is 13.8 Å². The first-order valence-corrected chi connectivity index (χ1v) is 9.00. The van der Waals surface area contributed by atoms with Crippen molar-refractivity contribution in [2.45, 2.75) is 32.7 Å². The van der Waals surface area contributed by atoms with E-state index in [1.165, 1.54) is 6.92 Å². The van der Waals surface area contributed by atoms with Crippen molar-refractivity contribution >= 4 is 22.8 Å². The highest BCUT2D eigenvalue weighted by molar-refractivity contribution is 5.97. The number of rotatable bonds is 3. The predicted octanol–water partition coefficient (Wildman–Crippen LogP) is 2.52. The van der Waals surface area contributed by atoms with Crippen LogP contribution in [0.25, 0.3) is 11.0 Å². The number of aromatic nitrogens is 2. The van der Waals surface area contributed by atoms with E-state index < -0.39 is 0 Å². The Morgan fingerprint density at radius 2 is 2.04 bits per heavy atom. The fraction of sp³-hybridized carbons (Fsp3) is 0.350. The van der Waals surface area contributed by atoms with Gasteiger partial charge in [-0.15, -0.1) is 0 Å². The zero-order valence-electron chi connectivity index (χ0n) is 15.6. The lowest BCUT2D eigenvalue weighted by Gasteiger charge is -2.17. The molecular formula is C20H22N4O3. The molecule has 1 saturated heterocycles. The van der Waals surface area contributed by atoms with Crippen LogP contribution < -0.4 is 5.32 Å². The monoisotopic (exact) mass is 366 g/mol. The Bertz CT molecular complexity index is 1020. The summed E-state index contributed by atoms with van der Waals surface area (Å²) in [4.78, 5) is 34.0. The minimum absolute atomic E-state index is 0.0646. The molecule has 0 bridgehead atoms. The highest BCUT2D eigenvalue weighted by atomic mass is 16.3. The number of nitrogens with zero attached hydrogens (tertiary/aromatic N) is 2. The maximum atomic E-state index is 13.1. The number of H-pyrrole nitrogens is 1. The molecule has 1 aromatic carbocycles. The first-order chi connectivity index (χ1) is 12.9. The number of aromatic amines is 1. The van der Waals surface area contributed by atoms with E-state index >= 15 is 0 Å². The van der Waals surface area contributed by atoms with E-state index in [0.717, 1.165) is 28.4 Å². The van der Waals surface area contributed by atoms with E-state index in [2.05, 4.69) is 15.3 Å². The van der Waals surface area contributed by atoms with Gasteiger partial charge >= 0.3 is 0 Å². The number of benzene rings is 1. The Hall–Kier alpha value is -3.09. The second-order valence-electron chi connectivity index (χ2n) is 7.13. The molecule has 4 rings (SSSR count). The lowest BCUT2D eigenvalue weighted by atomic mass is 10.0. The molecule has 0 spiro atoms. The fourth-order valence-electron chi connectivity index (χ4n) is 3.77.